The van der Waals surface area contributed by atoms with Gasteiger partial charge in [0.05, 0.1) is 19.7 Å². The first-order chi connectivity index (χ1) is 10.3. The SMILES string of the molecule is O=C=NCCCCOC(=O)C(CCCCN=C=O)N=C=O. The van der Waals surface area contributed by atoms with Crippen LogP contribution in [0.1, 0.15) is 32.1 Å². The molecule has 8 nitrogen and oxygen atoms in total. The largest absolute Gasteiger partial charge is 0.464 e. The Bertz CT molecular complexity index is 447. The maximum atomic E-state index is 11.7. The zero-order valence-electron chi connectivity index (χ0n) is 11.6. The van der Waals surface area contributed by atoms with Crippen molar-refractivity contribution in [1.82, 2.24) is 0 Å². The molecule has 21 heavy (non-hydrogen) atoms. The summed E-state index contributed by atoms with van der Waals surface area (Å²) >= 11 is 0. The summed E-state index contributed by atoms with van der Waals surface area (Å²) in [5, 5.41) is 0. The second-order valence-electron chi connectivity index (χ2n) is 4.05. The van der Waals surface area contributed by atoms with Gasteiger partial charge in [0.2, 0.25) is 18.2 Å². The Morgan fingerprint density at radius 2 is 1.52 bits per heavy atom. The van der Waals surface area contributed by atoms with Crippen LogP contribution in [0.2, 0.25) is 0 Å². The number of carbonyl (C=O) groups excluding carboxylic acids is 4. The van der Waals surface area contributed by atoms with Crippen molar-refractivity contribution >= 4 is 24.2 Å². The minimum Gasteiger partial charge on any atom is -0.464 e. The highest BCUT2D eigenvalue weighted by Gasteiger charge is 2.18. The lowest BCUT2D eigenvalue weighted by Crippen LogP contribution is -2.22. The van der Waals surface area contributed by atoms with E-state index in [4.69, 9.17) is 4.74 Å². The van der Waals surface area contributed by atoms with Gasteiger partial charge in [0.15, 0.2) is 6.04 Å². The zero-order valence-corrected chi connectivity index (χ0v) is 11.6. The van der Waals surface area contributed by atoms with Gasteiger partial charge in [0.1, 0.15) is 0 Å². The van der Waals surface area contributed by atoms with Crippen molar-refractivity contribution < 1.29 is 23.9 Å². The van der Waals surface area contributed by atoms with E-state index in [1.165, 1.54) is 18.2 Å². The Morgan fingerprint density at radius 3 is 2.10 bits per heavy atom. The first kappa shape index (κ1) is 18.6. The summed E-state index contributed by atoms with van der Waals surface area (Å²) in [6.07, 6.45) is 6.85. The fraction of sp³-hybridized carbons (Fsp3) is 0.692. The Hall–Kier alpha value is -2.39. The number of esters is 1. The third-order valence-corrected chi connectivity index (χ3v) is 2.52. The minimum absolute atomic E-state index is 0.174. The number of hydrogen-bond donors (Lipinski definition) is 0. The fourth-order valence-electron chi connectivity index (χ4n) is 1.48. The summed E-state index contributed by atoms with van der Waals surface area (Å²) in [6, 6.07) is -0.879. The molecule has 0 aromatic rings. The molecule has 0 aliphatic heterocycles. The number of nitrogens with zero attached hydrogens (tertiary/aromatic N) is 3. The maximum Gasteiger partial charge on any atom is 0.331 e. The van der Waals surface area contributed by atoms with Gasteiger partial charge in [-0.25, -0.2) is 29.2 Å². The second-order valence-corrected chi connectivity index (χ2v) is 4.05. The van der Waals surface area contributed by atoms with Crippen LogP contribution >= 0.6 is 0 Å². The third-order valence-electron chi connectivity index (χ3n) is 2.52. The van der Waals surface area contributed by atoms with E-state index in [1.807, 2.05) is 0 Å². The number of unbranched alkanes of at least 4 members (excludes halogenated alkanes) is 2. The van der Waals surface area contributed by atoms with Crippen molar-refractivity contribution in [3.8, 4) is 0 Å². The fourth-order valence-corrected chi connectivity index (χ4v) is 1.48. The Labute approximate surface area is 122 Å². The van der Waals surface area contributed by atoms with Gasteiger partial charge < -0.3 is 4.74 Å². The molecule has 1 unspecified atom stereocenters. The van der Waals surface area contributed by atoms with Gasteiger partial charge in [-0.05, 0) is 32.1 Å². The molecule has 0 bridgehead atoms. The molecule has 0 heterocycles. The predicted octanol–water partition coefficient (Wildman–Crippen LogP) is 0.856. The van der Waals surface area contributed by atoms with Crippen LogP contribution in [0, 0.1) is 0 Å². The van der Waals surface area contributed by atoms with Gasteiger partial charge in [0, 0.05) is 0 Å². The summed E-state index contributed by atoms with van der Waals surface area (Å²) in [6.45, 7) is 0.842. The minimum atomic E-state index is -0.879. The summed E-state index contributed by atoms with van der Waals surface area (Å²) in [5.41, 5.74) is 0. The van der Waals surface area contributed by atoms with Crippen molar-refractivity contribution in [3.63, 3.8) is 0 Å². The van der Waals surface area contributed by atoms with Crippen LogP contribution in [0.3, 0.4) is 0 Å². The number of carbonyl (C=O) groups is 1. The van der Waals surface area contributed by atoms with Crippen LogP contribution in [0.25, 0.3) is 0 Å². The van der Waals surface area contributed by atoms with Crippen molar-refractivity contribution in [2.75, 3.05) is 19.7 Å². The van der Waals surface area contributed by atoms with Crippen LogP contribution < -0.4 is 0 Å². The van der Waals surface area contributed by atoms with Gasteiger partial charge in [-0.3, -0.25) is 0 Å². The van der Waals surface area contributed by atoms with Gasteiger partial charge in [-0.2, -0.15) is 4.99 Å². The Balaban J connectivity index is 3.96. The van der Waals surface area contributed by atoms with E-state index in [9.17, 15) is 19.2 Å². The van der Waals surface area contributed by atoms with E-state index >= 15 is 0 Å². The van der Waals surface area contributed by atoms with Gasteiger partial charge >= 0.3 is 5.97 Å². The van der Waals surface area contributed by atoms with Crippen molar-refractivity contribution in [1.29, 1.82) is 0 Å². The van der Waals surface area contributed by atoms with Crippen LogP contribution in [-0.4, -0.2) is 49.9 Å². The predicted molar refractivity (Wildman–Crippen MR) is 71.9 cm³/mol. The molecular formula is C13H17N3O5. The molecular weight excluding hydrogens is 278 g/mol. The van der Waals surface area contributed by atoms with Gasteiger partial charge in [-0.1, -0.05) is 0 Å². The molecule has 0 fully saturated rings. The smallest absolute Gasteiger partial charge is 0.331 e. The highest BCUT2D eigenvalue weighted by atomic mass is 16.5. The molecule has 8 heteroatoms. The topological polar surface area (TPSA) is 115 Å². The molecule has 0 amide bonds. The molecule has 0 aromatic carbocycles. The van der Waals surface area contributed by atoms with Crippen LogP contribution in [0.15, 0.2) is 15.0 Å². The lowest BCUT2D eigenvalue weighted by atomic mass is 10.1. The summed E-state index contributed by atoms with van der Waals surface area (Å²) < 4.78 is 4.98. The van der Waals surface area contributed by atoms with Crippen LogP contribution in [0.4, 0.5) is 0 Å². The van der Waals surface area contributed by atoms with Crippen LogP contribution in [-0.2, 0) is 23.9 Å². The zero-order chi connectivity index (χ0) is 15.8. The second kappa shape index (κ2) is 14.0. The molecule has 0 aliphatic rings. The van der Waals surface area contributed by atoms with E-state index in [1.54, 1.807) is 0 Å². The first-order valence-corrected chi connectivity index (χ1v) is 6.57. The molecule has 0 rings (SSSR count). The molecule has 114 valence electrons. The quantitative estimate of drug-likeness (QED) is 0.229. The monoisotopic (exact) mass is 295 g/mol. The summed E-state index contributed by atoms with van der Waals surface area (Å²) in [5.74, 6) is -0.587. The molecule has 0 spiro atoms. The lowest BCUT2D eigenvalue weighted by molar-refractivity contribution is -0.145. The number of ether oxygens (including phenoxy) is 1. The van der Waals surface area contributed by atoms with E-state index < -0.39 is 12.0 Å². The standard InChI is InChI=1S/C13H17N3O5/c17-9-14-6-2-1-5-12(16-11-19)13(20)21-8-4-3-7-15-10-18/h12H,1-8H2. The van der Waals surface area contributed by atoms with E-state index in [0.717, 1.165) is 0 Å². The van der Waals surface area contributed by atoms with Gasteiger partial charge in [-0.15, -0.1) is 0 Å². The molecule has 0 aliphatic carbocycles. The number of rotatable bonds is 12. The van der Waals surface area contributed by atoms with E-state index in [2.05, 4.69) is 15.0 Å². The first-order valence-electron chi connectivity index (χ1n) is 6.57. The van der Waals surface area contributed by atoms with Gasteiger partial charge in [0.25, 0.3) is 0 Å². The van der Waals surface area contributed by atoms with Crippen molar-refractivity contribution in [2.45, 2.75) is 38.1 Å². The number of isocyanates is 3. The number of aliphatic imine (C=N–C) groups is 3. The average molecular weight is 295 g/mol. The lowest BCUT2D eigenvalue weighted by Gasteiger charge is -2.10. The average Bonchev–Trinajstić information content (AvgIpc) is 2.49. The molecule has 1 atom stereocenters. The molecule has 0 radical (unpaired) electrons. The highest BCUT2D eigenvalue weighted by molar-refractivity contribution is 5.76. The van der Waals surface area contributed by atoms with Crippen molar-refractivity contribution in [3.05, 3.63) is 0 Å². The van der Waals surface area contributed by atoms with Crippen molar-refractivity contribution in [2.24, 2.45) is 15.0 Å². The van der Waals surface area contributed by atoms with E-state index in [0.29, 0.717) is 45.2 Å². The third kappa shape index (κ3) is 11.2. The molecule has 0 N–H and O–H groups in total. The molecule has 0 saturated heterocycles. The summed E-state index contributed by atoms with van der Waals surface area (Å²) in [7, 11) is 0. The normalized spacial score (nSPS) is 10.5. The Kier molecular flexibility index (Phi) is 12.4. The summed E-state index contributed by atoms with van der Waals surface area (Å²) in [4.78, 5) is 51.8. The Morgan fingerprint density at radius 1 is 0.905 bits per heavy atom. The highest BCUT2D eigenvalue weighted by Crippen LogP contribution is 2.07. The molecule has 0 saturated carbocycles. The van der Waals surface area contributed by atoms with Crippen LogP contribution in [0.5, 0.6) is 0 Å². The molecule has 0 aromatic heterocycles. The number of hydrogen-bond acceptors (Lipinski definition) is 8. The maximum absolute atomic E-state index is 11.7. The van der Waals surface area contributed by atoms with E-state index in [-0.39, 0.29) is 6.61 Å².